The Morgan fingerprint density at radius 2 is 1.73 bits per heavy atom. The number of carbonyl (C=O) groups excluding carboxylic acids is 2. The van der Waals surface area contributed by atoms with Crippen LogP contribution in [0.4, 0.5) is 5.69 Å². The molecule has 2 N–H and O–H groups in total. The highest BCUT2D eigenvalue weighted by atomic mass is 16.5. The third-order valence-electron chi connectivity index (χ3n) is 5.20. The number of hydrogen-bond donors (Lipinski definition) is 2. The Bertz CT molecular complexity index is 851. The van der Waals surface area contributed by atoms with Crippen molar-refractivity contribution in [1.82, 2.24) is 10.2 Å². The van der Waals surface area contributed by atoms with Gasteiger partial charge in [-0.05, 0) is 37.0 Å². The molecule has 1 aliphatic heterocycles. The zero-order chi connectivity index (χ0) is 21.3. The minimum Gasteiger partial charge on any atom is -0.497 e. The van der Waals surface area contributed by atoms with Crippen LogP contribution in [0.3, 0.4) is 0 Å². The minimum atomic E-state index is -0.567. The summed E-state index contributed by atoms with van der Waals surface area (Å²) in [7, 11) is 3.10. The van der Waals surface area contributed by atoms with Crippen LogP contribution < -0.4 is 20.1 Å². The molecular formula is C23H29N3O4. The van der Waals surface area contributed by atoms with Gasteiger partial charge in [0.1, 0.15) is 17.5 Å². The van der Waals surface area contributed by atoms with E-state index in [2.05, 4.69) is 10.6 Å². The maximum atomic E-state index is 13.1. The molecule has 160 valence electrons. The first kappa shape index (κ1) is 21.6. The topological polar surface area (TPSA) is 79.9 Å². The van der Waals surface area contributed by atoms with Gasteiger partial charge in [0.15, 0.2) is 0 Å². The van der Waals surface area contributed by atoms with Gasteiger partial charge >= 0.3 is 0 Å². The van der Waals surface area contributed by atoms with Crippen LogP contribution in [0.5, 0.6) is 11.5 Å². The van der Waals surface area contributed by atoms with E-state index in [0.717, 1.165) is 37.9 Å². The van der Waals surface area contributed by atoms with Crippen LogP contribution in [-0.2, 0) is 9.59 Å². The summed E-state index contributed by atoms with van der Waals surface area (Å²) in [5.74, 6) is 0.885. The normalized spacial score (nSPS) is 14.7. The predicted molar refractivity (Wildman–Crippen MR) is 116 cm³/mol. The molecular weight excluding hydrogens is 382 g/mol. The molecule has 3 rings (SSSR count). The third-order valence-corrected chi connectivity index (χ3v) is 5.20. The summed E-state index contributed by atoms with van der Waals surface area (Å²) >= 11 is 0. The zero-order valence-corrected chi connectivity index (χ0v) is 17.5. The Labute approximate surface area is 177 Å². The van der Waals surface area contributed by atoms with Gasteiger partial charge in [0.05, 0.1) is 26.5 Å². The van der Waals surface area contributed by atoms with Gasteiger partial charge in [-0.15, -0.1) is 0 Å². The lowest BCUT2D eigenvalue weighted by atomic mass is 10.0. The number of carbonyl (C=O) groups is 2. The first-order valence-corrected chi connectivity index (χ1v) is 10.2. The summed E-state index contributed by atoms with van der Waals surface area (Å²) in [5, 5.41) is 5.97. The Hall–Kier alpha value is -3.06. The molecule has 2 aromatic carbocycles. The standard InChI is InChI=1S/C23H29N3O4/c1-29-18-11-12-20(30-2)19(15-18)25-21(27)16-24-22(17-9-5-3-6-10-17)23(28)26-13-7-4-8-14-26/h3,5-6,9-12,15,22,24H,4,7-8,13-14,16H2,1-2H3,(H,25,27)/t22-/m0/s1. The SMILES string of the molecule is COc1ccc(OC)c(NC(=O)CN[C@H](C(=O)N2CCCCC2)c2ccccc2)c1. The van der Waals surface area contributed by atoms with E-state index in [-0.39, 0.29) is 18.4 Å². The fraction of sp³-hybridized carbons (Fsp3) is 0.391. The molecule has 1 heterocycles. The Morgan fingerprint density at radius 1 is 1.00 bits per heavy atom. The predicted octanol–water partition coefficient (Wildman–Crippen LogP) is 2.99. The number of methoxy groups -OCH3 is 2. The van der Waals surface area contributed by atoms with E-state index in [0.29, 0.717) is 17.2 Å². The van der Waals surface area contributed by atoms with Gasteiger partial charge in [0, 0.05) is 19.2 Å². The number of ether oxygens (including phenoxy) is 2. The summed E-state index contributed by atoms with van der Waals surface area (Å²) < 4.78 is 10.5. The summed E-state index contributed by atoms with van der Waals surface area (Å²) in [5.41, 5.74) is 1.36. The van der Waals surface area contributed by atoms with Crippen LogP contribution in [-0.4, -0.2) is 50.6 Å². The molecule has 1 saturated heterocycles. The average molecular weight is 412 g/mol. The molecule has 0 saturated carbocycles. The molecule has 1 fully saturated rings. The molecule has 7 nitrogen and oxygen atoms in total. The van der Waals surface area contributed by atoms with E-state index < -0.39 is 6.04 Å². The largest absolute Gasteiger partial charge is 0.497 e. The van der Waals surface area contributed by atoms with E-state index in [9.17, 15) is 9.59 Å². The zero-order valence-electron chi connectivity index (χ0n) is 17.5. The van der Waals surface area contributed by atoms with Gasteiger partial charge in [-0.25, -0.2) is 0 Å². The second kappa shape index (κ2) is 10.6. The molecule has 7 heteroatoms. The summed E-state index contributed by atoms with van der Waals surface area (Å²) in [6.45, 7) is 1.51. The van der Waals surface area contributed by atoms with Crippen LogP contribution in [0, 0.1) is 0 Å². The maximum Gasteiger partial charge on any atom is 0.244 e. The number of amides is 2. The smallest absolute Gasteiger partial charge is 0.244 e. The number of anilines is 1. The molecule has 1 aliphatic rings. The van der Waals surface area contributed by atoms with Gasteiger partial charge in [-0.2, -0.15) is 0 Å². The molecule has 0 spiro atoms. The van der Waals surface area contributed by atoms with Crippen molar-refractivity contribution in [1.29, 1.82) is 0 Å². The summed E-state index contributed by atoms with van der Waals surface area (Å²) in [4.78, 5) is 27.7. The van der Waals surface area contributed by atoms with Gasteiger partial charge in [-0.1, -0.05) is 30.3 Å². The van der Waals surface area contributed by atoms with Gasteiger partial charge < -0.3 is 19.7 Å². The molecule has 0 bridgehead atoms. The summed E-state index contributed by atoms with van der Waals surface area (Å²) in [6, 6.07) is 14.1. The summed E-state index contributed by atoms with van der Waals surface area (Å²) in [6.07, 6.45) is 3.19. The second-order valence-corrected chi connectivity index (χ2v) is 7.22. The Morgan fingerprint density at radius 3 is 2.40 bits per heavy atom. The average Bonchev–Trinajstić information content (AvgIpc) is 2.80. The van der Waals surface area contributed by atoms with Gasteiger partial charge in [-0.3, -0.25) is 14.9 Å². The lowest BCUT2D eigenvalue weighted by Crippen LogP contribution is -2.45. The van der Waals surface area contributed by atoms with Crippen LogP contribution >= 0.6 is 0 Å². The van der Waals surface area contributed by atoms with E-state index in [1.165, 1.54) is 0 Å². The first-order valence-electron chi connectivity index (χ1n) is 10.2. The van der Waals surface area contributed by atoms with E-state index in [1.807, 2.05) is 35.2 Å². The molecule has 2 aromatic rings. The number of nitrogens with zero attached hydrogens (tertiary/aromatic N) is 1. The quantitative estimate of drug-likeness (QED) is 0.698. The molecule has 0 radical (unpaired) electrons. The lowest BCUT2D eigenvalue weighted by molar-refractivity contribution is -0.134. The number of piperidine rings is 1. The van der Waals surface area contributed by atoms with Crippen molar-refractivity contribution in [2.45, 2.75) is 25.3 Å². The maximum absolute atomic E-state index is 13.1. The van der Waals surface area contributed by atoms with Crippen molar-refractivity contribution in [3.05, 3.63) is 54.1 Å². The van der Waals surface area contributed by atoms with Crippen LogP contribution in [0.25, 0.3) is 0 Å². The molecule has 2 amide bonds. The minimum absolute atomic E-state index is 0.00709. The third kappa shape index (κ3) is 5.51. The van der Waals surface area contributed by atoms with Crippen molar-refractivity contribution in [2.24, 2.45) is 0 Å². The van der Waals surface area contributed by atoms with Crippen molar-refractivity contribution < 1.29 is 19.1 Å². The Kier molecular flexibility index (Phi) is 7.68. The molecule has 30 heavy (non-hydrogen) atoms. The molecule has 1 atom stereocenters. The number of likely N-dealkylation sites (tertiary alicyclic amines) is 1. The number of rotatable bonds is 8. The van der Waals surface area contributed by atoms with E-state index >= 15 is 0 Å². The monoisotopic (exact) mass is 411 g/mol. The van der Waals surface area contributed by atoms with Gasteiger partial charge in [0.25, 0.3) is 0 Å². The fourth-order valence-electron chi connectivity index (χ4n) is 3.59. The van der Waals surface area contributed by atoms with Crippen molar-refractivity contribution >= 4 is 17.5 Å². The number of nitrogens with one attached hydrogen (secondary N) is 2. The van der Waals surface area contributed by atoms with Crippen LogP contribution in [0.1, 0.15) is 30.9 Å². The first-order chi connectivity index (χ1) is 14.6. The van der Waals surface area contributed by atoms with Crippen LogP contribution in [0.15, 0.2) is 48.5 Å². The second-order valence-electron chi connectivity index (χ2n) is 7.22. The molecule has 0 unspecified atom stereocenters. The molecule has 0 aromatic heterocycles. The highest BCUT2D eigenvalue weighted by Crippen LogP contribution is 2.28. The van der Waals surface area contributed by atoms with E-state index in [4.69, 9.17) is 9.47 Å². The number of benzene rings is 2. The van der Waals surface area contributed by atoms with E-state index in [1.54, 1.807) is 32.4 Å². The van der Waals surface area contributed by atoms with Crippen molar-refractivity contribution in [2.75, 3.05) is 39.2 Å². The lowest BCUT2D eigenvalue weighted by Gasteiger charge is -2.31. The highest BCUT2D eigenvalue weighted by molar-refractivity contribution is 5.94. The Balaban J connectivity index is 1.69. The highest BCUT2D eigenvalue weighted by Gasteiger charge is 2.27. The fourth-order valence-corrected chi connectivity index (χ4v) is 3.59. The van der Waals surface area contributed by atoms with Gasteiger partial charge in [0.2, 0.25) is 11.8 Å². The molecule has 0 aliphatic carbocycles. The van der Waals surface area contributed by atoms with Crippen LogP contribution in [0.2, 0.25) is 0 Å². The van der Waals surface area contributed by atoms with Crippen molar-refractivity contribution in [3.63, 3.8) is 0 Å². The van der Waals surface area contributed by atoms with Crippen molar-refractivity contribution in [3.8, 4) is 11.5 Å². The number of hydrogen-bond acceptors (Lipinski definition) is 5.